The first-order chi connectivity index (χ1) is 5.61. The number of likely N-dealkylation sites (tertiary alicyclic amines) is 1. The Morgan fingerprint density at radius 1 is 1.83 bits per heavy atom. The smallest absolute Gasteiger partial charge is 0.236 e. The number of rotatable bonds is 2. The van der Waals surface area contributed by atoms with E-state index in [1.807, 2.05) is 4.90 Å². The van der Waals surface area contributed by atoms with Crippen molar-refractivity contribution in [2.75, 3.05) is 13.1 Å². The van der Waals surface area contributed by atoms with E-state index in [4.69, 9.17) is 18.0 Å². The van der Waals surface area contributed by atoms with Crippen LogP contribution in [0.1, 0.15) is 13.3 Å². The lowest BCUT2D eigenvalue weighted by atomic mass is 10.1. The van der Waals surface area contributed by atoms with Crippen molar-refractivity contribution >= 4 is 23.2 Å². The number of nitrogens with zero attached hydrogens (tertiary/aromatic N) is 1. The summed E-state index contributed by atoms with van der Waals surface area (Å²) in [6.45, 7) is 3.20. The van der Waals surface area contributed by atoms with Gasteiger partial charge in [0, 0.05) is 12.6 Å². The Morgan fingerprint density at radius 3 is 2.83 bits per heavy atom. The minimum Gasteiger partial charge on any atom is -0.368 e. The Kier molecular flexibility index (Phi) is 2.86. The van der Waals surface area contributed by atoms with E-state index in [0.717, 1.165) is 6.54 Å². The summed E-state index contributed by atoms with van der Waals surface area (Å²) in [6.07, 6.45) is 1.17. The highest BCUT2D eigenvalue weighted by molar-refractivity contribution is 7.80. The van der Waals surface area contributed by atoms with E-state index in [1.54, 1.807) is 0 Å². The lowest BCUT2D eigenvalue weighted by molar-refractivity contribution is -0.117. The van der Waals surface area contributed by atoms with Crippen LogP contribution in [0.3, 0.4) is 0 Å². The highest BCUT2D eigenvalue weighted by Crippen LogP contribution is 2.15. The van der Waals surface area contributed by atoms with E-state index >= 15 is 0 Å². The molecule has 1 rings (SSSR count). The Hall–Kier alpha value is -0.840. The van der Waals surface area contributed by atoms with Crippen LogP contribution in [0, 0.1) is 0 Å². The van der Waals surface area contributed by atoms with Crippen LogP contribution >= 0.6 is 12.2 Å². The van der Waals surface area contributed by atoms with E-state index in [1.165, 1.54) is 6.42 Å². The van der Waals surface area contributed by atoms with Crippen molar-refractivity contribution in [3.8, 4) is 0 Å². The van der Waals surface area contributed by atoms with Gasteiger partial charge in [-0.05, 0) is 25.6 Å². The number of hydrogen-bond acceptors (Lipinski definition) is 2. The Bertz CT molecular complexity index is 207. The van der Waals surface area contributed by atoms with Crippen LogP contribution in [0.4, 0.5) is 0 Å². The van der Waals surface area contributed by atoms with Gasteiger partial charge in [0.25, 0.3) is 0 Å². The number of carbonyl (C=O) groups excluding carboxylic acids is 1. The molecule has 1 atom stereocenters. The van der Waals surface area contributed by atoms with E-state index in [-0.39, 0.29) is 12.5 Å². The molecule has 0 aromatic carbocycles. The van der Waals surface area contributed by atoms with E-state index in [2.05, 4.69) is 12.2 Å². The summed E-state index contributed by atoms with van der Waals surface area (Å²) >= 11 is 5.03. The molecular weight excluding hydrogens is 174 g/mol. The van der Waals surface area contributed by atoms with E-state index < -0.39 is 0 Å². The monoisotopic (exact) mass is 187 g/mol. The predicted molar refractivity (Wildman–Crippen MR) is 50.6 cm³/mol. The van der Waals surface area contributed by atoms with Crippen molar-refractivity contribution in [2.45, 2.75) is 19.4 Å². The van der Waals surface area contributed by atoms with Crippen molar-refractivity contribution in [3.63, 3.8) is 0 Å². The maximum atomic E-state index is 10.4. The van der Waals surface area contributed by atoms with Crippen LogP contribution < -0.4 is 11.1 Å². The number of primary amides is 1. The van der Waals surface area contributed by atoms with Gasteiger partial charge in [0.15, 0.2) is 5.11 Å². The average molecular weight is 187 g/mol. The molecule has 68 valence electrons. The molecule has 0 saturated carbocycles. The average Bonchev–Trinajstić information content (AvgIpc) is 1.98. The molecule has 1 amide bonds. The summed E-state index contributed by atoms with van der Waals surface area (Å²) in [7, 11) is 0. The topological polar surface area (TPSA) is 58.4 Å². The fourth-order valence-corrected chi connectivity index (χ4v) is 1.43. The van der Waals surface area contributed by atoms with Crippen molar-refractivity contribution in [1.82, 2.24) is 10.2 Å². The molecule has 1 fully saturated rings. The van der Waals surface area contributed by atoms with Crippen LogP contribution in [0.5, 0.6) is 0 Å². The van der Waals surface area contributed by atoms with Crippen LogP contribution in [0.25, 0.3) is 0 Å². The second kappa shape index (κ2) is 3.71. The number of amides is 1. The number of nitrogens with one attached hydrogen (secondary N) is 1. The predicted octanol–water partition coefficient (Wildman–Crippen LogP) is -0.560. The molecule has 1 aliphatic heterocycles. The van der Waals surface area contributed by atoms with Gasteiger partial charge in [-0.15, -0.1) is 0 Å². The van der Waals surface area contributed by atoms with Crippen molar-refractivity contribution < 1.29 is 4.79 Å². The Labute approximate surface area is 77.1 Å². The van der Waals surface area contributed by atoms with Gasteiger partial charge < -0.3 is 16.0 Å². The van der Waals surface area contributed by atoms with Gasteiger partial charge in [0.2, 0.25) is 5.91 Å². The minimum atomic E-state index is -0.384. The van der Waals surface area contributed by atoms with Crippen LogP contribution in [-0.2, 0) is 4.79 Å². The quantitative estimate of drug-likeness (QED) is 0.569. The summed E-state index contributed by atoms with van der Waals surface area (Å²) < 4.78 is 0. The lowest BCUT2D eigenvalue weighted by Gasteiger charge is -2.40. The highest BCUT2D eigenvalue weighted by Gasteiger charge is 2.25. The third-order valence-corrected chi connectivity index (χ3v) is 2.37. The molecule has 1 heterocycles. The van der Waals surface area contributed by atoms with Gasteiger partial charge in [-0.2, -0.15) is 0 Å². The van der Waals surface area contributed by atoms with Gasteiger partial charge >= 0.3 is 0 Å². The van der Waals surface area contributed by atoms with Crippen LogP contribution in [-0.4, -0.2) is 35.1 Å². The molecule has 0 aromatic rings. The fraction of sp³-hybridized carbons (Fsp3) is 0.714. The molecule has 4 nitrogen and oxygen atoms in total. The first kappa shape index (κ1) is 9.25. The normalized spacial score (nSPS) is 21.4. The van der Waals surface area contributed by atoms with Crippen molar-refractivity contribution in [3.05, 3.63) is 0 Å². The summed E-state index contributed by atoms with van der Waals surface area (Å²) in [5.41, 5.74) is 4.96. The number of carbonyl (C=O) groups is 1. The highest BCUT2D eigenvalue weighted by atomic mass is 32.1. The van der Waals surface area contributed by atoms with Crippen LogP contribution in [0.2, 0.25) is 0 Å². The molecule has 0 aliphatic carbocycles. The zero-order valence-corrected chi connectivity index (χ0v) is 7.86. The van der Waals surface area contributed by atoms with E-state index in [9.17, 15) is 4.79 Å². The third kappa shape index (κ3) is 2.07. The molecule has 0 bridgehead atoms. The fourth-order valence-electron chi connectivity index (χ4n) is 1.08. The number of nitrogens with two attached hydrogens (primary N) is 1. The summed E-state index contributed by atoms with van der Waals surface area (Å²) in [6, 6.07) is 0.498. The lowest BCUT2D eigenvalue weighted by Crippen LogP contribution is -2.54. The molecule has 1 unspecified atom stereocenters. The summed E-state index contributed by atoms with van der Waals surface area (Å²) in [5.74, 6) is -0.384. The van der Waals surface area contributed by atoms with Gasteiger partial charge in [-0.3, -0.25) is 4.79 Å². The first-order valence-corrected chi connectivity index (χ1v) is 4.35. The minimum absolute atomic E-state index is 0.127. The van der Waals surface area contributed by atoms with Crippen molar-refractivity contribution in [1.29, 1.82) is 0 Å². The van der Waals surface area contributed by atoms with Crippen LogP contribution in [0.15, 0.2) is 0 Å². The molecule has 0 radical (unpaired) electrons. The third-order valence-electron chi connectivity index (χ3n) is 1.99. The molecule has 3 N–H and O–H groups in total. The Morgan fingerprint density at radius 2 is 2.50 bits per heavy atom. The SMILES string of the molecule is CC1CCN1C(=S)NCC(N)=O. The molecule has 0 spiro atoms. The Balaban J connectivity index is 2.24. The zero-order chi connectivity index (χ0) is 9.14. The van der Waals surface area contributed by atoms with E-state index in [0.29, 0.717) is 11.2 Å². The molecule has 12 heavy (non-hydrogen) atoms. The summed E-state index contributed by atoms with van der Waals surface area (Å²) in [4.78, 5) is 12.4. The van der Waals surface area contributed by atoms with Crippen molar-refractivity contribution in [2.24, 2.45) is 5.73 Å². The molecule has 1 saturated heterocycles. The maximum absolute atomic E-state index is 10.4. The first-order valence-electron chi connectivity index (χ1n) is 3.94. The van der Waals surface area contributed by atoms with Gasteiger partial charge in [0.1, 0.15) is 0 Å². The largest absolute Gasteiger partial charge is 0.368 e. The molecule has 0 aromatic heterocycles. The number of thiocarbonyl (C=S) groups is 1. The van der Waals surface area contributed by atoms with Gasteiger partial charge in [-0.25, -0.2) is 0 Å². The second-order valence-corrected chi connectivity index (χ2v) is 3.34. The molecule has 1 aliphatic rings. The maximum Gasteiger partial charge on any atom is 0.236 e. The summed E-state index contributed by atoms with van der Waals surface area (Å²) in [5, 5.41) is 3.43. The van der Waals surface area contributed by atoms with Gasteiger partial charge in [0.05, 0.1) is 6.54 Å². The molecular formula is C7H13N3OS. The van der Waals surface area contributed by atoms with Gasteiger partial charge in [-0.1, -0.05) is 0 Å². The standard InChI is InChI=1S/C7H13N3OS/c1-5-2-3-10(5)7(12)9-4-6(8)11/h5H,2-4H2,1H3,(H2,8,11)(H,9,12). The number of hydrogen-bond donors (Lipinski definition) is 2. The molecule has 5 heteroatoms. The second-order valence-electron chi connectivity index (χ2n) is 2.96. The zero-order valence-electron chi connectivity index (χ0n) is 7.04.